The van der Waals surface area contributed by atoms with Crippen molar-refractivity contribution in [3.8, 4) is 5.75 Å². The minimum absolute atomic E-state index is 0.0464. The molecule has 0 bridgehead atoms. The zero-order valence-corrected chi connectivity index (χ0v) is 25.6. The molecule has 1 saturated carbocycles. The van der Waals surface area contributed by atoms with E-state index in [2.05, 4.69) is 5.32 Å². The van der Waals surface area contributed by atoms with E-state index in [1.165, 1.54) is 29.2 Å². The number of ether oxygens (including phenoxy) is 1. The Morgan fingerprint density at radius 3 is 2.21 bits per heavy atom. The number of anilines is 1. The second kappa shape index (κ2) is 15.0. The van der Waals surface area contributed by atoms with Gasteiger partial charge in [-0.15, -0.1) is 0 Å². The number of benzene rings is 3. The second-order valence-electron chi connectivity index (χ2n) is 10.6. The number of nitrogens with one attached hydrogen (secondary N) is 1. The summed E-state index contributed by atoms with van der Waals surface area (Å²) >= 11 is 0. The average molecular weight is 610 g/mol. The van der Waals surface area contributed by atoms with Gasteiger partial charge in [-0.2, -0.15) is 0 Å². The Morgan fingerprint density at radius 2 is 1.60 bits per heavy atom. The monoisotopic (exact) mass is 609 g/mol. The third-order valence-electron chi connectivity index (χ3n) is 7.69. The largest absolute Gasteiger partial charge is 0.494 e. The fourth-order valence-electron chi connectivity index (χ4n) is 5.40. The van der Waals surface area contributed by atoms with Crippen molar-refractivity contribution in [2.75, 3.05) is 24.0 Å². The third-order valence-corrected chi connectivity index (χ3v) is 9.48. The van der Waals surface area contributed by atoms with Crippen molar-refractivity contribution >= 4 is 27.5 Å². The minimum atomic E-state index is -4.26. The van der Waals surface area contributed by atoms with Gasteiger partial charge in [-0.25, -0.2) is 12.8 Å². The van der Waals surface area contributed by atoms with Crippen LogP contribution in [0.4, 0.5) is 10.1 Å². The van der Waals surface area contributed by atoms with Crippen molar-refractivity contribution in [3.05, 3.63) is 90.2 Å². The first-order valence-electron chi connectivity index (χ1n) is 14.9. The molecule has 1 atom stereocenters. The molecule has 2 amide bonds. The Morgan fingerprint density at radius 1 is 0.953 bits per heavy atom. The molecule has 230 valence electrons. The van der Waals surface area contributed by atoms with E-state index in [0.29, 0.717) is 25.2 Å². The highest BCUT2D eigenvalue weighted by atomic mass is 32.2. The molecule has 10 heteroatoms. The maximum absolute atomic E-state index is 14.1. The molecule has 3 aromatic rings. The molecule has 1 fully saturated rings. The normalized spacial score (nSPS) is 14.2. The Labute approximate surface area is 253 Å². The highest BCUT2D eigenvalue weighted by molar-refractivity contribution is 7.92. The number of amides is 2. The van der Waals surface area contributed by atoms with E-state index in [9.17, 15) is 22.4 Å². The first kappa shape index (κ1) is 32.0. The van der Waals surface area contributed by atoms with Crippen molar-refractivity contribution in [2.24, 2.45) is 0 Å². The lowest BCUT2D eigenvalue weighted by Crippen LogP contribution is -2.54. The van der Waals surface area contributed by atoms with Crippen LogP contribution in [-0.4, -0.2) is 56.9 Å². The first-order chi connectivity index (χ1) is 20.7. The maximum atomic E-state index is 14.1. The van der Waals surface area contributed by atoms with Crippen LogP contribution in [0.3, 0.4) is 0 Å². The average Bonchev–Trinajstić information content (AvgIpc) is 3.52. The predicted octanol–water partition coefficient (Wildman–Crippen LogP) is 5.33. The van der Waals surface area contributed by atoms with Crippen molar-refractivity contribution in [2.45, 2.75) is 69.4 Å². The zero-order valence-electron chi connectivity index (χ0n) is 24.7. The van der Waals surface area contributed by atoms with Crippen molar-refractivity contribution in [3.63, 3.8) is 0 Å². The Bertz CT molecular complexity index is 1440. The number of hydrogen-bond acceptors (Lipinski definition) is 5. The van der Waals surface area contributed by atoms with E-state index in [0.717, 1.165) is 47.7 Å². The number of hydrogen-bond donors (Lipinski definition) is 1. The topological polar surface area (TPSA) is 96.0 Å². The van der Waals surface area contributed by atoms with E-state index < -0.39 is 34.3 Å². The quantitative estimate of drug-likeness (QED) is 0.267. The molecule has 8 nitrogen and oxygen atoms in total. The van der Waals surface area contributed by atoms with Crippen LogP contribution >= 0.6 is 0 Å². The van der Waals surface area contributed by atoms with Gasteiger partial charge in [0.1, 0.15) is 24.2 Å². The summed E-state index contributed by atoms with van der Waals surface area (Å²) in [7, 11) is -4.26. The van der Waals surface area contributed by atoms with Gasteiger partial charge in [0.05, 0.1) is 17.2 Å². The van der Waals surface area contributed by atoms with Gasteiger partial charge in [0.15, 0.2) is 0 Å². The van der Waals surface area contributed by atoms with E-state index in [1.807, 2.05) is 44.2 Å². The summed E-state index contributed by atoms with van der Waals surface area (Å²) in [6.45, 7) is 3.75. The molecule has 1 N–H and O–H groups in total. The molecule has 1 aliphatic rings. The van der Waals surface area contributed by atoms with E-state index in [1.54, 1.807) is 12.1 Å². The van der Waals surface area contributed by atoms with Gasteiger partial charge >= 0.3 is 0 Å². The van der Waals surface area contributed by atoms with Crippen LogP contribution < -0.4 is 14.4 Å². The first-order valence-corrected chi connectivity index (χ1v) is 16.3. The van der Waals surface area contributed by atoms with Gasteiger partial charge in [0.25, 0.3) is 10.0 Å². The van der Waals surface area contributed by atoms with Crippen molar-refractivity contribution < 1.29 is 27.1 Å². The molecule has 0 spiro atoms. The third kappa shape index (κ3) is 8.34. The highest BCUT2D eigenvalue weighted by Gasteiger charge is 2.34. The lowest BCUT2D eigenvalue weighted by Gasteiger charge is -2.33. The van der Waals surface area contributed by atoms with Crippen molar-refractivity contribution in [1.82, 2.24) is 10.2 Å². The maximum Gasteiger partial charge on any atom is 0.264 e. The lowest BCUT2D eigenvalue weighted by atomic mass is 10.1. The smallest absolute Gasteiger partial charge is 0.264 e. The molecule has 43 heavy (non-hydrogen) atoms. The summed E-state index contributed by atoms with van der Waals surface area (Å²) in [6.07, 6.45) is 4.75. The highest BCUT2D eigenvalue weighted by Crippen LogP contribution is 2.26. The van der Waals surface area contributed by atoms with Crippen LogP contribution in [0, 0.1) is 5.82 Å². The van der Waals surface area contributed by atoms with Gasteiger partial charge in [-0.3, -0.25) is 13.9 Å². The number of nitrogens with zero attached hydrogens (tertiary/aromatic N) is 2. The molecule has 3 aromatic carbocycles. The Hall–Kier alpha value is -3.92. The fraction of sp³-hybridized carbons (Fsp3) is 0.394. The minimum Gasteiger partial charge on any atom is -0.494 e. The Balaban J connectivity index is 1.66. The summed E-state index contributed by atoms with van der Waals surface area (Å²) in [6, 6.07) is 19.8. The molecule has 1 aliphatic carbocycles. The molecule has 0 radical (unpaired) electrons. The summed E-state index contributed by atoms with van der Waals surface area (Å²) in [5, 5.41) is 3.11. The molecule has 0 unspecified atom stereocenters. The molecular weight excluding hydrogens is 569 g/mol. The molecule has 0 aromatic heterocycles. The molecule has 0 saturated heterocycles. The van der Waals surface area contributed by atoms with Gasteiger partial charge in [0, 0.05) is 12.6 Å². The number of carbonyl (C=O) groups excluding carboxylic acids is 2. The number of carbonyl (C=O) groups is 2. The van der Waals surface area contributed by atoms with E-state index in [-0.39, 0.29) is 29.1 Å². The SMILES string of the molecule is CCOc1ccc(S(=O)(=O)N(CC(=O)N(CCc2ccccc2)[C@@H](CC)C(=O)NC2CCCC2)c2ccc(F)cc2)cc1. The van der Waals surface area contributed by atoms with Crippen LogP contribution in [0.15, 0.2) is 83.8 Å². The van der Waals surface area contributed by atoms with Gasteiger partial charge in [0.2, 0.25) is 11.8 Å². The second-order valence-corrected chi connectivity index (χ2v) is 12.5. The summed E-state index contributed by atoms with van der Waals surface area (Å²) < 4.78 is 48.2. The molecule has 0 aliphatic heterocycles. The van der Waals surface area contributed by atoms with Crippen LogP contribution in [0.1, 0.15) is 51.5 Å². The van der Waals surface area contributed by atoms with Crippen molar-refractivity contribution in [1.29, 1.82) is 0 Å². The molecular formula is C33H40FN3O5S. The van der Waals surface area contributed by atoms with Gasteiger partial charge in [-0.05, 0) is 86.7 Å². The van der Waals surface area contributed by atoms with Crippen LogP contribution in [0.25, 0.3) is 0 Å². The zero-order chi connectivity index (χ0) is 30.8. The fourth-order valence-corrected chi connectivity index (χ4v) is 6.82. The predicted molar refractivity (Wildman–Crippen MR) is 165 cm³/mol. The van der Waals surface area contributed by atoms with Crippen LogP contribution in [-0.2, 0) is 26.0 Å². The number of halogens is 1. The lowest BCUT2D eigenvalue weighted by molar-refractivity contribution is -0.139. The summed E-state index contributed by atoms with van der Waals surface area (Å²) in [5.41, 5.74) is 1.12. The summed E-state index contributed by atoms with van der Waals surface area (Å²) in [4.78, 5) is 29.1. The van der Waals surface area contributed by atoms with Gasteiger partial charge < -0.3 is 15.0 Å². The van der Waals surface area contributed by atoms with Gasteiger partial charge in [-0.1, -0.05) is 50.1 Å². The number of rotatable bonds is 14. The summed E-state index contributed by atoms with van der Waals surface area (Å²) in [5.74, 6) is -0.786. The van der Waals surface area contributed by atoms with Crippen LogP contribution in [0.5, 0.6) is 5.75 Å². The van der Waals surface area contributed by atoms with Crippen LogP contribution in [0.2, 0.25) is 0 Å². The standard InChI is InChI=1S/C33H40FN3O5S/c1-3-31(33(39)35-27-12-8-9-13-27)36(23-22-25-10-6-5-7-11-25)32(38)24-37(28-16-14-26(34)15-17-28)43(40,41)30-20-18-29(19-21-30)42-4-2/h5-7,10-11,14-21,27,31H,3-4,8-9,12-13,22-24H2,1-2H3,(H,35,39)/t31-/m0/s1. The molecule has 4 rings (SSSR count). The van der Waals surface area contributed by atoms with E-state index >= 15 is 0 Å². The molecule has 0 heterocycles. The van der Waals surface area contributed by atoms with E-state index in [4.69, 9.17) is 4.74 Å². The Kier molecular flexibility index (Phi) is 11.2. The number of sulfonamides is 1.